The molecule has 1 aromatic carbocycles. The maximum Gasteiger partial charge on any atom is 0.338 e. The Morgan fingerprint density at radius 2 is 2.06 bits per heavy atom. The molecule has 170 valence electrons. The van der Waals surface area contributed by atoms with Crippen molar-refractivity contribution < 1.29 is 27.2 Å². The maximum absolute atomic E-state index is 12.4. The summed E-state index contributed by atoms with van der Waals surface area (Å²) < 4.78 is 38.0. The Hall–Kier alpha value is -3.82. The minimum absolute atomic E-state index is 0.0518. The van der Waals surface area contributed by atoms with Gasteiger partial charge in [-0.1, -0.05) is 19.1 Å². The number of carbonyl (C=O) groups excluding carboxylic acids is 2. The molecule has 2 aromatic heterocycles. The predicted octanol–water partition coefficient (Wildman–Crippen LogP) is 3.31. The number of aromatic nitrogens is 2. The quantitative estimate of drug-likeness (QED) is 0.287. The lowest BCUT2D eigenvalue weighted by Gasteiger charge is -2.03. The summed E-state index contributed by atoms with van der Waals surface area (Å²) in [5, 5.41) is 11.3. The molecule has 3 rings (SSSR count). The molecule has 0 radical (unpaired) electrons. The third-order valence-electron chi connectivity index (χ3n) is 4.22. The summed E-state index contributed by atoms with van der Waals surface area (Å²) >= 11 is 0.693. The van der Waals surface area contributed by atoms with Gasteiger partial charge >= 0.3 is 5.97 Å². The normalized spacial score (nSPS) is 11.6. The highest BCUT2D eigenvalue weighted by Gasteiger charge is 2.20. The van der Waals surface area contributed by atoms with Gasteiger partial charge in [-0.15, -0.1) is 0 Å². The van der Waals surface area contributed by atoms with Crippen LogP contribution in [0.3, 0.4) is 0 Å². The van der Waals surface area contributed by atoms with Crippen LogP contribution in [0.25, 0.3) is 17.4 Å². The first-order chi connectivity index (χ1) is 15.8. The second-order valence-corrected chi connectivity index (χ2v) is 9.34. The second-order valence-electron chi connectivity index (χ2n) is 6.41. The van der Waals surface area contributed by atoms with E-state index in [4.69, 9.17) is 9.15 Å². The van der Waals surface area contributed by atoms with Crippen molar-refractivity contribution in [3.63, 3.8) is 0 Å². The molecule has 3 aromatic rings. The molecule has 1 amide bonds. The van der Waals surface area contributed by atoms with Crippen LogP contribution in [0.5, 0.6) is 0 Å². The molecule has 0 aliphatic heterocycles. The van der Waals surface area contributed by atoms with Crippen LogP contribution in [0.15, 0.2) is 51.5 Å². The first-order valence-corrected chi connectivity index (χ1v) is 12.1. The zero-order valence-electron chi connectivity index (χ0n) is 17.6. The lowest BCUT2D eigenvalue weighted by molar-refractivity contribution is -0.112. The van der Waals surface area contributed by atoms with Crippen molar-refractivity contribution in [2.75, 3.05) is 17.7 Å². The number of sulfone groups is 1. The van der Waals surface area contributed by atoms with Gasteiger partial charge in [-0.25, -0.2) is 13.2 Å². The Morgan fingerprint density at radius 3 is 2.76 bits per heavy atom. The highest BCUT2D eigenvalue weighted by atomic mass is 32.2. The summed E-state index contributed by atoms with van der Waals surface area (Å²) in [4.78, 5) is 28.1. The van der Waals surface area contributed by atoms with E-state index in [1.807, 2.05) is 0 Å². The van der Waals surface area contributed by atoms with E-state index in [9.17, 15) is 23.3 Å². The molecule has 2 heterocycles. The van der Waals surface area contributed by atoms with E-state index in [-0.39, 0.29) is 34.0 Å². The predicted molar refractivity (Wildman–Crippen MR) is 120 cm³/mol. The molecule has 33 heavy (non-hydrogen) atoms. The number of hydrogen-bond acceptors (Lipinski definition) is 10. The molecule has 0 aliphatic carbocycles. The lowest BCUT2D eigenvalue weighted by Crippen LogP contribution is -2.13. The van der Waals surface area contributed by atoms with Crippen molar-refractivity contribution in [2.45, 2.75) is 19.0 Å². The molecular weight excluding hydrogens is 468 g/mol. The maximum atomic E-state index is 12.4. The van der Waals surface area contributed by atoms with Crippen LogP contribution in [0, 0.1) is 11.3 Å². The first kappa shape index (κ1) is 23.8. The van der Waals surface area contributed by atoms with E-state index in [1.165, 1.54) is 13.0 Å². The van der Waals surface area contributed by atoms with Crippen LogP contribution in [0.4, 0.5) is 5.13 Å². The fourth-order valence-electron chi connectivity index (χ4n) is 2.57. The van der Waals surface area contributed by atoms with Gasteiger partial charge in [-0.2, -0.15) is 14.6 Å². The van der Waals surface area contributed by atoms with Gasteiger partial charge in [0, 0.05) is 23.2 Å². The number of nitrogens with one attached hydrogen (secondary N) is 1. The van der Waals surface area contributed by atoms with E-state index in [1.54, 1.807) is 49.4 Å². The Balaban J connectivity index is 1.78. The van der Waals surface area contributed by atoms with Crippen LogP contribution in [-0.2, 0) is 19.4 Å². The van der Waals surface area contributed by atoms with Gasteiger partial charge in [0.2, 0.25) is 15.0 Å². The Morgan fingerprint density at radius 1 is 1.27 bits per heavy atom. The number of rotatable bonds is 8. The van der Waals surface area contributed by atoms with Crippen LogP contribution >= 0.6 is 11.5 Å². The topological polar surface area (TPSA) is 152 Å². The third kappa shape index (κ3) is 5.71. The summed E-state index contributed by atoms with van der Waals surface area (Å²) in [6, 6.07) is 11.6. The van der Waals surface area contributed by atoms with Crippen LogP contribution in [0.2, 0.25) is 0 Å². The van der Waals surface area contributed by atoms with Gasteiger partial charge in [-0.05, 0) is 31.2 Å². The largest absolute Gasteiger partial charge is 0.462 e. The molecule has 0 unspecified atom stereocenters. The fourth-order valence-corrected chi connectivity index (χ4v) is 4.15. The smallest absolute Gasteiger partial charge is 0.338 e. The molecule has 12 heteroatoms. The summed E-state index contributed by atoms with van der Waals surface area (Å²) in [6.45, 7) is 3.42. The second kappa shape index (κ2) is 10.2. The fraction of sp³-hybridized carbons (Fsp3) is 0.190. The molecule has 10 nitrogen and oxygen atoms in total. The van der Waals surface area contributed by atoms with Crippen LogP contribution < -0.4 is 5.32 Å². The Kier molecular flexibility index (Phi) is 7.37. The number of furan rings is 1. The number of nitriles is 1. The number of amides is 1. The minimum Gasteiger partial charge on any atom is -0.462 e. The standard InChI is InChI=1S/C21H18N4O6S2/c1-3-30-19(27)14-7-5-6-13(10-14)17-9-8-16(31-17)11-15(12-22)18(26)23-20-24-21(25-32-20)33(28,29)4-2/h5-11H,3-4H2,1-2H3,(H,23,24,25,26)/b15-11-. The van der Waals surface area contributed by atoms with Crippen LogP contribution in [0.1, 0.15) is 30.0 Å². The van der Waals surface area contributed by atoms with Gasteiger partial charge in [-0.3, -0.25) is 10.1 Å². The van der Waals surface area contributed by atoms with E-state index in [0.717, 1.165) is 0 Å². The average molecular weight is 487 g/mol. The summed E-state index contributed by atoms with van der Waals surface area (Å²) in [7, 11) is -3.61. The molecule has 0 atom stereocenters. The molecular formula is C21H18N4O6S2. The molecule has 0 spiro atoms. The first-order valence-electron chi connectivity index (χ1n) is 9.64. The van der Waals surface area contributed by atoms with Crippen molar-refractivity contribution in [1.29, 1.82) is 5.26 Å². The summed E-state index contributed by atoms with van der Waals surface area (Å²) in [5.41, 5.74) is 0.689. The molecule has 0 fully saturated rings. The zero-order chi connectivity index (χ0) is 24.0. The van der Waals surface area contributed by atoms with Crippen molar-refractivity contribution in [3.8, 4) is 17.4 Å². The van der Waals surface area contributed by atoms with Crippen molar-refractivity contribution in [2.24, 2.45) is 0 Å². The SMILES string of the molecule is CCOC(=O)c1cccc(-c2ccc(/C=C(/C#N)C(=O)Nc3nc(S(=O)(=O)CC)ns3)o2)c1. The molecule has 0 aliphatic rings. The molecule has 1 N–H and O–H groups in total. The summed E-state index contributed by atoms with van der Waals surface area (Å²) in [6.07, 6.45) is 1.23. The number of ether oxygens (including phenoxy) is 1. The monoisotopic (exact) mass is 486 g/mol. The number of anilines is 1. The van der Waals surface area contributed by atoms with Crippen molar-refractivity contribution >= 4 is 44.5 Å². The number of benzene rings is 1. The zero-order valence-corrected chi connectivity index (χ0v) is 19.2. The summed E-state index contributed by atoms with van der Waals surface area (Å²) in [5.74, 6) is -0.782. The van der Waals surface area contributed by atoms with Crippen molar-refractivity contribution in [1.82, 2.24) is 9.36 Å². The van der Waals surface area contributed by atoms with Gasteiger partial charge in [0.15, 0.2) is 0 Å². The highest BCUT2D eigenvalue weighted by molar-refractivity contribution is 7.91. The number of hydrogen-bond donors (Lipinski definition) is 1. The van der Waals surface area contributed by atoms with E-state index in [0.29, 0.717) is 28.4 Å². The van der Waals surface area contributed by atoms with E-state index >= 15 is 0 Å². The van der Waals surface area contributed by atoms with Crippen molar-refractivity contribution in [3.05, 3.63) is 53.3 Å². The third-order valence-corrected chi connectivity index (χ3v) is 6.47. The molecule has 0 saturated heterocycles. The van der Waals surface area contributed by atoms with E-state index < -0.39 is 21.7 Å². The van der Waals surface area contributed by atoms with Crippen LogP contribution in [-0.4, -0.2) is 42.0 Å². The number of esters is 1. The Bertz CT molecular complexity index is 1370. The minimum atomic E-state index is -3.61. The number of nitrogens with zero attached hydrogens (tertiary/aromatic N) is 3. The molecule has 0 bridgehead atoms. The van der Waals surface area contributed by atoms with Gasteiger partial charge in [0.25, 0.3) is 11.1 Å². The van der Waals surface area contributed by atoms with E-state index in [2.05, 4.69) is 14.7 Å². The number of carbonyl (C=O) groups is 2. The Labute approximate surface area is 193 Å². The van der Waals surface area contributed by atoms with Gasteiger partial charge in [0.1, 0.15) is 23.2 Å². The van der Waals surface area contributed by atoms with Gasteiger partial charge in [0.05, 0.1) is 17.9 Å². The lowest BCUT2D eigenvalue weighted by atomic mass is 10.1. The molecule has 0 saturated carbocycles. The average Bonchev–Trinajstić information content (AvgIpc) is 3.48. The highest BCUT2D eigenvalue weighted by Crippen LogP contribution is 2.25. The van der Waals surface area contributed by atoms with Gasteiger partial charge < -0.3 is 9.15 Å².